The second-order valence-corrected chi connectivity index (χ2v) is 7.92. The van der Waals surface area contributed by atoms with Crippen LogP contribution in [0.3, 0.4) is 0 Å². The molecule has 2 rings (SSSR count). The smallest absolute Gasteiger partial charge is 0.303 e. The summed E-state index contributed by atoms with van der Waals surface area (Å²) in [5.41, 5.74) is 1.11. The SMILES string of the molecule is CC(C)(C)c1nc(C2CCCCC2)sc1CCC(=O)O. The predicted molar refractivity (Wildman–Crippen MR) is 82.6 cm³/mol. The molecule has 0 aliphatic heterocycles. The van der Waals surface area contributed by atoms with Crippen molar-refractivity contribution in [2.24, 2.45) is 0 Å². The van der Waals surface area contributed by atoms with Crippen molar-refractivity contribution in [1.82, 2.24) is 4.98 Å². The first-order valence-electron chi connectivity index (χ1n) is 7.60. The van der Waals surface area contributed by atoms with Crippen LogP contribution in [0.5, 0.6) is 0 Å². The highest BCUT2D eigenvalue weighted by Crippen LogP contribution is 2.39. The van der Waals surface area contributed by atoms with Crippen molar-refractivity contribution in [2.75, 3.05) is 0 Å². The van der Waals surface area contributed by atoms with Gasteiger partial charge in [0.15, 0.2) is 0 Å². The Balaban J connectivity index is 2.23. The Kier molecular flexibility index (Phi) is 4.84. The zero-order valence-electron chi connectivity index (χ0n) is 12.7. The summed E-state index contributed by atoms with van der Waals surface area (Å²) in [6.45, 7) is 6.49. The first-order valence-corrected chi connectivity index (χ1v) is 8.41. The molecule has 1 aromatic rings. The molecular weight excluding hydrogens is 270 g/mol. The average molecular weight is 295 g/mol. The number of carbonyl (C=O) groups is 1. The number of rotatable bonds is 4. The lowest BCUT2D eigenvalue weighted by molar-refractivity contribution is -0.136. The molecule has 0 spiro atoms. The van der Waals surface area contributed by atoms with Gasteiger partial charge in [-0.2, -0.15) is 0 Å². The molecule has 1 N–H and O–H groups in total. The lowest BCUT2D eigenvalue weighted by Gasteiger charge is -2.20. The fourth-order valence-corrected chi connectivity index (χ4v) is 4.31. The van der Waals surface area contributed by atoms with Gasteiger partial charge in [0, 0.05) is 16.2 Å². The van der Waals surface area contributed by atoms with Crippen molar-refractivity contribution in [3.8, 4) is 0 Å². The molecule has 0 atom stereocenters. The van der Waals surface area contributed by atoms with Crippen molar-refractivity contribution in [3.05, 3.63) is 15.6 Å². The molecule has 1 aromatic heterocycles. The molecule has 0 bridgehead atoms. The molecule has 112 valence electrons. The van der Waals surface area contributed by atoms with Crippen LogP contribution in [0.1, 0.15) is 80.8 Å². The maximum Gasteiger partial charge on any atom is 0.303 e. The molecule has 0 radical (unpaired) electrons. The summed E-state index contributed by atoms with van der Waals surface area (Å²) in [7, 11) is 0. The van der Waals surface area contributed by atoms with Crippen LogP contribution in [0.4, 0.5) is 0 Å². The summed E-state index contributed by atoms with van der Waals surface area (Å²) in [5.74, 6) is -0.120. The standard InChI is InChI=1S/C16H25NO2S/c1-16(2,3)14-12(9-10-13(18)19)20-15(17-14)11-7-5-4-6-8-11/h11H,4-10H2,1-3H3,(H,18,19). The van der Waals surface area contributed by atoms with Crippen LogP contribution in [0.25, 0.3) is 0 Å². The van der Waals surface area contributed by atoms with Crippen molar-refractivity contribution < 1.29 is 9.90 Å². The van der Waals surface area contributed by atoms with Gasteiger partial charge in [-0.15, -0.1) is 11.3 Å². The van der Waals surface area contributed by atoms with Crippen molar-refractivity contribution >= 4 is 17.3 Å². The van der Waals surface area contributed by atoms with Crippen LogP contribution >= 0.6 is 11.3 Å². The Labute approximate surface area is 125 Å². The Morgan fingerprint density at radius 1 is 1.30 bits per heavy atom. The third kappa shape index (κ3) is 3.81. The molecule has 0 amide bonds. The minimum atomic E-state index is -0.725. The molecule has 3 nitrogen and oxygen atoms in total. The molecule has 0 saturated heterocycles. The zero-order valence-corrected chi connectivity index (χ0v) is 13.6. The van der Waals surface area contributed by atoms with E-state index < -0.39 is 5.97 Å². The number of hydrogen-bond acceptors (Lipinski definition) is 3. The highest BCUT2D eigenvalue weighted by atomic mass is 32.1. The van der Waals surface area contributed by atoms with Gasteiger partial charge in [0.05, 0.1) is 17.1 Å². The summed E-state index contributed by atoms with van der Waals surface area (Å²) in [4.78, 5) is 16.9. The van der Waals surface area contributed by atoms with Crippen molar-refractivity contribution in [1.29, 1.82) is 0 Å². The monoisotopic (exact) mass is 295 g/mol. The largest absolute Gasteiger partial charge is 0.481 e. The minimum Gasteiger partial charge on any atom is -0.481 e. The maximum absolute atomic E-state index is 10.8. The molecule has 1 saturated carbocycles. The number of aromatic nitrogens is 1. The normalized spacial score (nSPS) is 17.4. The highest BCUT2D eigenvalue weighted by molar-refractivity contribution is 7.11. The van der Waals surface area contributed by atoms with Crippen LogP contribution in [0.15, 0.2) is 0 Å². The van der Waals surface area contributed by atoms with Gasteiger partial charge in [-0.1, -0.05) is 40.0 Å². The van der Waals surface area contributed by atoms with Gasteiger partial charge >= 0.3 is 5.97 Å². The maximum atomic E-state index is 10.8. The first kappa shape index (κ1) is 15.5. The Hall–Kier alpha value is -0.900. The summed E-state index contributed by atoms with van der Waals surface area (Å²) >= 11 is 1.76. The van der Waals surface area contributed by atoms with E-state index in [-0.39, 0.29) is 11.8 Å². The van der Waals surface area contributed by atoms with E-state index in [1.165, 1.54) is 42.0 Å². The third-order valence-corrected chi connectivity index (χ3v) is 5.22. The van der Waals surface area contributed by atoms with Crippen molar-refractivity contribution in [2.45, 2.75) is 77.0 Å². The van der Waals surface area contributed by atoms with Gasteiger partial charge in [0.1, 0.15) is 0 Å². The first-order chi connectivity index (χ1) is 9.38. The molecule has 1 aliphatic carbocycles. The van der Waals surface area contributed by atoms with E-state index in [4.69, 9.17) is 10.1 Å². The van der Waals surface area contributed by atoms with E-state index in [1.54, 1.807) is 11.3 Å². The number of thiazole rings is 1. The molecule has 0 aromatic carbocycles. The number of nitrogens with zero attached hydrogens (tertiary/aromatic N) is 1. The number of hydrogen-bond donors (Lipinski definition) is 1. The second kappa shape index (κ2) is 6.25. The Bertz CT molecular complexity index is 467. The van der Waals surface area contributed by atoms with Crippen LogP contribution in [0, 0.1) is 0 Å². The highest BCUT2D eigenvalue weighted by Gasteiger charge is 2.27. The molecule has 0 unspecified atom stereocenters. The summed E-state index contributed by atoms with van der Waals surface area (Å²) in [5, 5.41) is 10.2. The predicted octanol–water partition coefficient (Wildman–Crippen LogP) is 4.51. The molecule has 1 fully saturated rings. The van der Waals surface area contributed by atoms with E-state index in [9.17, 15) is 4.79 Å². The second-order valence-electron chi connectivity index (χ2n) is 6.80. The van der Waals surface area contributed by atoms with E-state index >= 15 is 0 Å². The van der Waals surface area contributed by atoms with E-state index in [2.05, 4.69) is 20.8 Å². The van der Waals surface area contributed by atoms with Crippen LogP contribution in [0.2, 0.25) is 0 Å². The summed E-state index contributed by atoms with van der Waals surface area (Å²) in [6.07, 6.45) is 7.27. The molecular formula is C16H25NO2S. The van der Waals surface area contributed by atoms with Gasteiger partial charge in [0.2, 0.25) is 0 Å². The molecule has 1 heterocycles. The van der Waals surface area contributed by atoms with Gasteiger partial charge in [-0.25, -0.2) is 4.98 Å². The fraction of sp³-hybridized carbons (Fsp3) is 0.750. The number of carboxylic acid groups (broad SMARTS) is 1. The van der Waals surface area contributed by atoms with E-state index in [0.717, 1.165) is 5.69 Å². The van der Waals surface area contributed by atoms with Crippen molar-refractivity contribution in [3.63, 3.8) is 0 Å². The molecule has 20 heavy (non-hydrogen) atoms. The lowest BCUT2D eigenvalue weighted by atomic mass is 9.88. The summed E-state index contributed by atoms with van der Waals surface area (Å²) in [6, 6.07) is 0. The Morgan fingerprint density at radius 2 is 1.95 bits per heavy atom. The van der Waals surface area contributed by atoms with Crippen LogP contribution in [-0.2, 0) is 16.6 Å². The van der Waals surface area contributed by atoms with Gasteiger partial charge in [-0.05, 0) is 19.3 Å². The molecule has 4 heteroatoms. The van der Waals surface area contributed by atoms with Crippen LogP contribution < -0.4 is 0 Å². The van der Waals surface area contributed by atoms with Crippen LogP contribution in [-0.4, -0.2) is 16.1 Å². The quantitative estimate of drug-likeness (QED) is 0.889. The zero-order chi connectivity index (χ0) is 14.8. The van der Waals surface area contributed by atoms with Gasteiger partial charge < -0.3 is 5.11 Å². The number of carboxylic acids is 1. The summed E-state index contributed by atoms with van der Waals surface area (Å²) < 4.78 is 0. The fourth-order valence-electron chi connectivity index (χ4n) is 2.87. The number of aryl methyl sites for hydroxylation is 1. The third-order valence-electron chi connectivity index (χ3n) is 3.94. The average Bonchev–Trinajstić information content (AvgIpc) is 2.81. The molecule has 1 aliphatic rings. The lowest BCUT2D eigenvalue weighted by Crippen LogP contribution is -2.15. The van der Waals surface area contributed by atoms with Gasteiger partial charge in [-0.3, -0.25) is 4.79 Å². The van der Waals surface area contributed by atoms with E-state index in [0.29, 0.717) is 12.3 Å². The number of aliphatic carboxylic acids is 1. The minimum absolute atomic E-state index is 0.00272. The Morgan fingerprint density at radius 3 is 2.50 bits per heavy atom. The van der Waals surface area contributed by atoms with E-state index in [1.807, 2.05) is 0 Å². The topological polar surface area (TPSA) is 50.2 Å². The van der Waals surface area contributed by atoms with Gasteiger partial charge in [0.25, 0.3) is 0 Å².